The van der Waals surface area contributed by atoms with Crippen molar-refractivity contribution in [3.8, 4) is 0 Å². The molecule has 0 heterocycles. The maximum absolute atomic E-state index is 7.78. The molecule has 0 aromatic rings. The average Bonchev–Trinajstić information content (AvgIpc) is 2.35. The first-order valence-electron chi connectivity index (χ1n) is 4.60. The van der Waals surface area contributed by atoms with Crippen LogP contribution in [0.1, 0.15) is 39.0 Å². The number of nitrogens with one attached hydrogen (secondary N) is 1. The molecule has 0 aromatic carbocycles. The van der Waals surface area contributed by atoms with E-state index in [1.54, 1.807) is 0 Å². The van der Waals surface area contributed by atoms with Gasteiger partial charge in [-0.1, -0.05) is 26.7 Å². The molecule has 1 aliphatic carbocycles. The summed E-state index contributed by atoms with van der Waals surface area (Å²) in [4.78, 5) is 0. The molecule has 1 rings (SSSR count). The van der Waals surface area contributed by atoms with E-state index in [4.69, 9.17) is 5.41 Å². The van der Waals surface area contributed by atoms with Gasteiger partial charge < -0.3 is 5.41 Å². The van der Waals surface area contributed by atoms with E-state index in [0.29, 0.717) is 11.8 Å². The van der Waals surface area contributed by atoms with Crippen molar-refractivity contribution in [2.75, 3.05) is 0 Å². The fraction of sp³-hybridized carbons (Fsp3) is 0.800. The molecule has 1 radical (unpaired) electrons. The number of hydrogen-bond acceptors (Lipinski definition) is 1. The van der Waals surface area contributed by atoms with Gasteiger partial charge in [0.25, 0.3) is 0 Å². The largest absolute Gasteiger partial charge is 0.309 e. The summed E-state index contributed by atoms with van der Waals surface area (Å²) in [5, 5.41) is 7.78. The van der Waals surface area contributed by atoms with Gasteiger partial charge in [0.1, 0.15) is 0 Å². The molecule has 0 saturated heterocycles. The first kappa shape index (κ1) is 8.76. The third-order valence-electron chi connectivity index (χ3n) is 2.42. The summed E-state index contributed by atoms with van der Waals surface area (Å²) in [5.74, 6) is 1.03. The summed E-state index contributed by atoms with van der Waals surface area (Å²) < 4.78 is 0. The topological polar surface area (TPSA) is 23.9 Å². The smallest absolute Gasteiger partial charge is 0.0123 e. The highest BCUT2D eigenvalue weighted by atomic mass is 14.5. The Morgan fingerprint density at radius 2 is 2.09 bits per heavy atom. The molecule has 1 heteroatoms. The van der Waals surface area contributed by atoms with Gasteiger partial charge >= 0.3 is 0 Å². The monoisotopic (exact) mass is 152 g/mol. The van der Waals surface area contributed by atoms with E-state index in [0.717, 1.165) is 12.1 Å². The number of rotatable bonds is 3. The van der Waals surface area contributed by atoms with Gasteiger partial charge in [0, 0.05) is 5.71 Å². The van der Waals surface area contributed by atoms with E-state index in [1.807, 2.05) is 0 Å². The predicted octanol–water partition coefficient (Wildman–Crippen LogP) is 3.06. The standard InChI is InChI=1S/C10H18N/c1-8(2)7-10(11)9-5-3-4-6-9/h8-9,11H,1,3-7H2,2H3. The molecule has 1 nitrogen and oxygen atoms in total. The highest BCUT2D eigenvalue weighted by Gasteiger charge is 2.19. The Balaban J connectivity index is 2.28. The molecule has 1 saturated carbocycles. The lowest BCUT2D eigenvalue weighted by atomic mass is 9.94. The van der Waals surface area contributed by atoms with Crippen molar-refractivity contribution in [2.45, 2.75) is 39.0 Å². The zero-order chi connectivity index (χ0) is 8.27. The SMILES string of the molecule is [CH2]C(C)CC(=N)C1CCCC1. The Morgan fingerprint density at radius 3 is 2.55 bits per heavy atom. The molecule has 0 amide bonds. The second-order valence-electron chi connectivity index (χ2n) is 3.82. The van der Waals surface area contributed by atoms with E-state index in [2.05, 4.69) is 13.8 Å². The predicted molar refractivity (Wildman–Crippen MR) is 48.8 cm³/mol. The van der Waals surface area contributed by atoms with E-state index >= 15 is 0 Å². The lowest BCUT2D eigenvalue weighted by Crippen LogP contribution is -2.11. The van der Waals surface area contributed by atoms with Crippen LogP contribution >= 0.6 is 0 Å². The summed E-state index contributed by atoms with van der Waals surface area (Å²) in [5.41, 5.74) is 0.949. The third-order valence-corrected chi connectivity index (χ3v) is 2.42. The normalized spacial score (nSPS) is 19.5. The van der Waals surface area contributed by atoms with Crippen molar-refractivity contribution >= 4 is 5.71 Å². The van der Waals surface area contributed by atoms with Crippen LogP contribution in [0.25, 0.3) is 0 Å². The van der Waals surface area contributed by atoms with E-state index in [-0.39, 0.29) is 0 Å². The van der Waals surface area contributed by atoms with Crippen molar-refractivity contribution in [1.29, 1.82) is 5.41 Å². The Hall–Kier alpha value is -0.330. The zero-order valence-electron chi connectivity index (χ0n) is 7.40. The van der Waals surface area contributed by atoms with Crippen molar-refractivity contribution in [3.63, 3.8) is 0 Å². The van der Waals surface area contributed by atoms with Gasteiger partial charge in [0.05, 0.1) is 0 Å². The van der Waals surface area contributed by atoms with Gasteiger partial charge in [0.2, 0.25) is 0 Å². The highest BCUT2D eigenvalue weighted by Crippen LogP contribution is 2.27. The van der Waals surface area contributed by atoms with Crippen LogP contribution in [-0.2, 0) is 0 Å². The van der Waals surface area contributed by atoms with E-state index in [9.17, 15) is 0 Å². The molecule has 11 heavy (non-hydrogen) atoms. The summed E-state index contributed by atoms with van der Waals surface area (Å²) in [7, 11) is 0. The molecule has 63 valence electrons. The summed E-state index contributed by atoms with van der Waals surface area (Å²) in [6, 6.07) is 0. The van der Waals surface area contributed by atoms with Crippen LogP contribution in [0.4, 0.5) is 0 Å². The fourth-order valence-electron chi connectivity index (χ4n) is 1.82. The van der Waals surface area contributed by atoms with Gasteiger partial charge in [-0.2, -0.15) is 0 Å². The van der Waals surface area contributed by atoms with Gasteiger partial charge in [0.15, 0.2) is 0 Å². The maximum atomic E-state index is 7.78. The number of hydrogen-bond donors (Lipinski definition) is 1. The van der Waals surface area contributed by atoms with Gasteiger partial charge in [-0.15, -0.1) is 0 Å². The van der Waals surface area contributed by atoms with Crippen LogP contribution in [0, 0.1) is 24.2 Å². The second-order valence-corrected chi connectivity index (χ2v) is 3.82. The van der Waals surface area contributed by atoms with Crippen molar-refractivity contribution in [2.24, 2.45) is 11.8 Å². The maximum Gasteiger partial charge on any atom is 0.0123 e. The van der Waals surface area contributed by atoms with Crippen molar-refractivity contribution in [1.82, 2.24) is 0 Å². The molecule has 0 aliphatic heterocycles. The van der Waals surface area contributed by atoms with Crippen LogP contribution in [0.2, 0.25) is 0 Å². The first-order valence-corrected chi connectivity index (χ1v) is 4.60. The minimum Gasteiger partial charge on any atom is -0.309 e. The first-order chi connectivity index (χ1) is 5.20. The summed E-state index contributed by atoms with van der Waals surface area (Å²) in [6.45, 7) is 6.00. The van der Waals surface area contributed by atoms with Gasteiger partial charge in [-0.05, 0) is 31.1 Å². The van der Waals surface area contributed by atoms with Crippen LogP contribution < -0.4 is 0 Å². The molecule has 1 atom stereocenters. The van der Waals surface area contributed by atoms with Gasteiger partial charge in [-0.3, -0.25) is 0 Å². The van der Waals surface area contributed by atoms with E-state index < -0.39 is 0 Å². The van der Waals surface area contributed by atoms with E-state index in [1.165, 1.54) is 25.7 Å². The van der Waals surface area contributed by atoms with Crippen molar-refractivity contribution < 1.29 is 0 Å². The molecular weight excluding hydrogens is 134 g/mol. The Kier molecular flexibility index (Phi) is 3.10. The fourth-order valence-corrected chi connectivity index (χ4v) is 1.82. The highest BCUT2D eigenvalue weighted by molar-refractivity contribution is 5.84. The second kappa shape index (κ2) is 3.89. The van der Waals surface area contributed by atoms with Gasteiger partial charge in [-0.25, -0.2) is 0 Å². The molecule has 1 N–H and O–H groups in total. The quantitative estimate of drug-likeness (QED) is 0.601. The molecule has 1 aliphatic rings. The van der Waals surface area contributed by atoms with Crippen LogP contribution in [-0.4, -0.2) is 5.71 Å². The Labute approximate surface area is 69.7 Å². The third kappa shape index (κ3) is 2.64. The minimum atomic E-state index is 0.420. The molecule has 1 unspecified atom stereocenters. The summed E-state index contributed by atoms with van der Waals surface area (Å²) in [6.07, 6.45) is 6.08. The summed E-state index contributed by atoms with van der Waals surface area (Å²) >= 11 is 0. The van der Waals surface area contributed by atoms with Crippen LogP contribution in [0.15, 0.2) is 0 Å². The lowest BCUT2D eigenvalue weighted by molar-refractivity contribution is 0.664. The minimum absolute atomic E-state index is 0.420. The molecule has 0 aromatic heterocycles. The molecule has 0 spiro atoms. The Bertz CT molecular complexity index is 132. The lowest BCUT2D eigenvalue weighted by Gasteiger charge is -2.12. The molecule has 1 fully saturated rings. The zero-order valence-corrected chi connectivity index (χ0v) is 7.40. The molecular formula is C10H18N. The average molecular weight is 152 g/mol. The van der Waals surface area contributed by atoms with Crippen molar-refractivity contribution in [3.05, 3.63) is 6.92 Å². The Morgan fingerprint density at radius 1 is 1.55 bits per heavy atom. The van der Waals surface area contributed by atoms with Crippen LogP contribution in [0.3, 0.4) is 0 Å². The van der Waals surface area contributed by atoms with Crippen LogP contribution in [0.5, 0.6) is 0 Å². The molecule has 0 bridgehead atoms.